The normalized spacial score (nSPS) is 12.2. The van der Waals surface area contributed by atoms with Crippen LogP contribution in [-0.2, 0) is 9.53 Å². The number of nitrogens with zero attached hydrogens (tertiary/aromatic N) is 2. The molecule has 1 rings (SSSR count). The lowest BCUT2D eigenvalue weighted by Gasteiger charge is -2.13. The van der Waals surface area contributed by atoms with Crippen molar-refractivity contribution < 1.29 is 14.3 Å². The summed E-state index contributed by atoms with van der Waals surface area (Å²) in [5.41, 5.74) is 5.98. The van der Waals surface area contributed by atoms with Crippen LogP contribution in [-0.4, -0.2) is 34.8 Å². The van der Waals surface area contributed by atoms with Gasteiger partial charge in [0.2, 0.25) is 5.91 Å². The Morgan fingerprint density at radius 2 is 2.10 bits per heavy atom. The minimum atomic E-state index is -0.582. The van der Waals surface area contributed by atoms with Crippen LogP contribution in [0.3, 0.4) is 0 Å². The SMILES string of the molecule is CCOC(=O)c1nn(C(C)C(=O)NCCC(C)C)cc1N. The van der Waals surface area contributed by atoms with Gasteiger partial charge in [-0.3, -0.25) is 9.48 Å². The van der Waals surface area contributed by atoms with E-state index in [1.54, 1.807) is 13.8 Å². The van der Waals surface area contributed by atoms with Gasteiger partial charge in [0.25, 0.3) is 0 Å². The average Bonchev–Trinajstić information content (AvgIpc) is 2.79. The number of hydrogen-bond donors (Lipinski definition) is 2. The summed E-state index contributed by atoms with van der Waals surface area (Å²) in [6.07, 6.45) is 2.38. The highest BCUT2D eigenvalue weighted by Crippen LogP contribution is 2.15. The predicted octanol–water partition coefficient (Wildman–Crippen LogP) is 1.37. The molecule has 0 aromatic carbocycles. The molecule has 0 radical (unpaired) electrons. The summed E-state index contributed by atoms with van der Waals surface area (Å²) in [4.78, 5) is 23.7. The number of ether oxygens (including phenoxy) is 1. The number of nitrogen functional groups attached to an aromatic ring is 1. The molecular weight excluding hydrogens is 272 g/mol. The molecule has 3 N–H and O–H groups in total. The number of amides is 1. The number of anilines is 1. The number of aromatic nitrogens is 2. The Morgan fingerprint density at radius 1 is 1.43 bits per heavy atom. The summed E-state index contributed by atoms with van der Waals surface area (Å²) in [6.45, 7) is 8.45. The average molecular weight is 296 g/mol. The number of rotatable bonds is 7. The standard InChI is InChI=1S/C14H24N4O3/c1-5-21-14(20)12-11(15)8-18(17-12)10(4)13(19)16-7-6-9(2)3/h8-10H,5-7,15H2,1-4H3,(H,16,19). The quantitative estimate of drug-likeness (QED) is 0.740. The second-order valence-electron chi connectivity index (χ2n) is 5.28. The molecule has 0 spiro atoms. The van der Waals surface area contributed by atoms with Gasteiger partial charge in [0.05, 0.1) is 12.3 Å². The van der Waals surface area contributed by atoms with Gasteiger partial charge in [-0.05, 0) is 26.2 Å². The molecule has 0 saturated carbocycles. The zero-order valence-electron chi connectivity index (χ0n) is 13.0. The molecule has 0 bridgehead atoms. The van der Waals surface area contributed by atoms with E-state index in [0.717, 1.165) is 6.42 Å². The number of esters is 1. The summed E-state index contributed by atoms with van der Waals surface area (Å²) in [5.74, 6) is -0.217. The van der Waals surface area contributed by atoms with E-state index in [2.05, 4.69) is 24.3 Å². The number of carbonyl (C=O) groups excluding carboxylic acids is 2. The molecule has 0 saturated heterocycles. The smallest absolute Gasteiger partial charge is 0.361 e. The van der Waals surface area contributed by atoms with Crippen molar-refractivity contribution in [2.24, 2.45) is 5.92 Å². The molecular formula is C14H24N4O3. The van der Waals surface area contributed by atoms with Crippen LogP contribution in [0.15, 0.2) is 6.20 Å². The van der Waals surface area contributed by atoms with Crippen molar-refractivity contribution in [1.29, 1.82) is 0 Å². The molecule has 118 valence electrons. The van der Waals surface area contributed by atoms with Crippen LogP contribution < -0.4 is 11.1 Å². The Labute approximate surface area is 124 Å². The molecule has 1 heterocycles. The molecule has 0 aliphatic carbocycles. The number of carbonyl (C=O) groups is 2. The Hall–Kier alpha value is -2.05. The Morgan fingerprint density at radius 3 is 2.67 bits per heavy atom. The fourth-order valence-electron chi connectivity index (χ4n) is 1.71. The number of hydrogen-bond acceptors (Lipinski definition) is 5. The largest absolute Gasteiger partial charge is 0.461 e. The van der Waals surface area contributed by atoms with Crippen LogP contribution in [0.25, 0.3) is 0 Å². The molecule has 7 heteroatoms. The van der Waals surface area contributed by atoms with E-state index in [1.165, 1.54) is 10.9 Å². The number of nitrogens with two attached hydrogens (primary N) is 1. The fraction of sp³-hybridized carbons (Fsp3) is 0.643. The molecule has 1 unspecified atom stereocenters. The van der Waals surface area contributed by atoms with Gasteiger partial charge in [0.15, 0.2) is 5.69 Å². The van der Waals surface area contributed by atoms with E-state index >= 15 is 0 Å². The zero-order chi connectivity index (χ0) is 16.0. The molecule has 1 atom stereocenters. The monoisotopic (exact) mass is 296 g/mol. The first-order chi connectivity index (χ1) is 9.86. The molecule has 7 nitrogen and oxygen atoms in total. The minimum absolute atomic E-state index is 0.0404. The van der Waals surface area contributed by atoms with Crippen molar-refractivity contribution in [3.63, 3.8) is 0 Å². The Balaban J connectivity index is 2.70. The van der Waals surface area contributed by atoms with E-state index in [9.17, 15) is 9.59 Å². The van der Waals surface area contributed by atoms with E-state index < -0.39 is 12.0 Å². The third-order valence-electron chi connectivity index (χ3n) is 3.03. The van der Waals surface area contributed by atoms with Gasteiger partial charge in [0, 0.05) is 12.7 Å². The summed E-state index contributed by atoms with van der Waals surface area (Å²) in [7, 11) is 0. The second-order valence-corrected chi connectivity index (χ2v) is 5.28. The van der Waals surface area contributed by atoms with Crippen LogP contribution in [0, 0.1) is 5.92 Å². The van der Waals surface area contributed by atoms with Crippen LogP contribution in [0.1, 0.15) is 50.6 Å². The molecule has 1 aromatic heterocycles. The van der Waals surface area contributed by atoms with Crippen molar-refractivity contribution >= 4 is 17.6 Å². The first-order valence-electron chi connectivity index (χ1n) is 7.16. The summed E-state index contributed by atoms with van der Waals surface area (Å²) in [5, 5.41) is 6.89. The van der Waals surface area contributed by atoms with E-state index in [4.69, 9.17) is 10.5 Å². The summed E-state index contributed by atoms with van der Waals surface area (Å²) < 4.78 is 6.24. The van der Waals surface area contributed by atoms with Crippen LogP contribution >= 0.6 is 0 Å². The van der Waals surface area contributed by atoms with Crippen LogP contribution in [0.5, 0.6) is 0 Å². The van der Waals surface area contributed by atoms with Crippen LogP contribution in [0.4, 0.5) is 5.69 Å². The molecule has 1 aromatic rings. The first-order valence-corrected chi connectivity index (χ1v) is 7.16. The molecule has 1 amide bonds. The van der Waals surface area contributed by atoms with E-state index in [1.807, 2.05) is 0 Å². The Kier molecular flexibility index (Phi) is 6.20. The first kappa shape index (κ1) is 17.0. The van der Waals surface area contributed by atoms with Gasteiger partial charge in [-0.1, -0.05) is 13.8 Å². The third kappa shape index (κ3) is 4.77. The lowest BCUT2D eigenvalue weighted by atomic mass is 10.1. The van der Waals surface area contributed by atoms with Gasteiger partial charge in [-0.15, -0.1) is 0 Å². The van der Waals surface area contributed by atoms with Gasteiger partial charge in [0.1, 0.15) is 6.04 Å². The maximum absolute atomic E-state index is 12.0. The highest BCUT2D eigenvalue weighted by Gasteiger charge is 2.21. The van der Waals surface area contributed by atoms with Crippen molar-refractivity contribution in [2.45, 2.75) is 40.2 Å². The molecule has 21 heavy (non-hydrogen) atoms. The Bertz CT molecular complexity index is 496. The van der Waals surface area contributed by atoms with Crippen molar-refractivity contribution in [1.82, 2.24) is 15.1 Å². The van der Waals surface area contributed by atoms with Crippen LogP contribution in [0.2, 0.25) is 0 Å². The van der Waals surface area contributed by atoms with Gasteiger partial charge in [-0.25, -0.2) is 4.79 Å². The predicted molar refractivity (Wildman–Crippen MR) is 79.8 cm³/mol. The zero-order valence-corrected chi connectivity index (χ0v) is 13.0. The van der Waals surface area contributed by atoms with Gasteiger partial charge in [-0.2, -0.15) is 5.10 Å². The van der Waals surface area contributed by atoms with Gasteiger partial charge >= 0.3 is 5.97 Å². The molecule has 0 aliphatic rings. The van der Waals surface area contributed by atoms with Gasteiger partial charge < -0.3 is 15.8 Å². The van der Waals surface area contributed by atoms with Crippen molar-refractivity contribution in [3.8, 4) is 0 Å². The third-order valence-corrected chi connectivity index (χ3v) is 3.03. The topological polar surface area (TPSA) is 99.2 Å². The maximum Gasteiger partial charge on any atom is 0.361 e. The second kappa shape index (κ2) is 7.66. The number of nitrogens with one attached hydrogen (secondary N) is 1. The molecule has 0 fully saturated rings. The lowest BCUT2D eigenvalue weighted by molar-refractivity contribution is -0.124. The minimum Gasteiger partial charge on any atom is -0.461 e. The summed E-state index contributed by atoms with van der Waals surface area (Å²) in [6, 6.07) is -0.539. The lowest BCUT2D eigenvalue weighted by Crippen LogP contribution is -2.32. The van der Waals surface area contributed by atoms with Crippen molar-refractivity contribution in [3.05, 3.63) is 11.9 Å². The van der Waals surface area contributed by atoms with E-state index in [0.29, 0.717) is 12.5 Å². The summed E-state index contributed by atoms with van der Waals surface area (Å²) >= 11 is 0. The highest BCUT2D eigenvalue weighted by atomic mass is 16.5. The van der Waals surface area contributed by atoms with E-state index in [-0.39, 0.29) is 23.9 Å². The van der Waals surface area contributed by atoms with Crippen molar-refractivity contribution in [2.75, 3.05) is 18.9 Å². The highest BCUT2D eigenvalue weighted by molar-refractivity contribution is 5.92. The maximum atomic E-state index is 12.0. The molecule has 0 aliphatic heterocycles. The fourth-order valence-corrected chi connectivity index (χ4v) is 1.71.